The average molecular weight is 240 g/mol. The Morgan fingerprint density at radius 2 is 1.82 bits per heavy atom. The van der Waals surface area contributed by atoms with Crippen LogP contribution in [0.5, 0.6) is 0 Å². The highest BCUT2D eigenvalue weighted by molar-refractivity contribution is 4.82. The van der Waals surface area contributed by atoms with E-state index in [1.54, 1.807) is 0 Å². The molecule has 0 radical (unpaired) electrons. The predicted molar refractivity (Wildman–Crippen MR) is 76.3 cm³/mol. The second-order valence-electron chi connectivity index (χ2n) is 7.55. The zero-order chi connectivity index (χ0) is 13.1. The Hall–Kier alpha value is -0.0800. The van der Waals surface area contributed by atoms with Gasteiger partial charge < -0.3 is 9.80 Å². The minimum absolute atomic E-state index is 0.486. The van der Waals surface area contributed by atoms with Crippen LogP contribution in [0.2, 0.25) is 0 Å². The van der Waals surface area contributed by atoms with Crippen LogP contribution in [0, 0.1) is 17.3 Å². The van der Waals surface area contributed by atoms with Gasteiger partial charge in [0.05, 0.1) is 0 Å². The zero-order valence-electron chi connectivity index (χ0n) is 12.8. The molecule has 0 aromatic carbocycles. The fourth-order valence-electron chi connectivity index (χ4n) is 2.61. The summed E-state index contributed by atoms with van der Waals surface area (Å²) in [5, 5.41) is 0. The third-order valence-corrected chi connectivity index (χ3v) is 3.46. The van der Waals surface area contributed by atoms with Gasteiger partial charge in [0.2, 0.25) is 0 Å². The fraction of sp³-hybridized carbons (Fsp3) is 1.00. The van der Waals surface area contributed by atoms with Gasteiger partial charge in [-0.3, -0.25) is 0 Å². The number of hydrogen-bond acceptors (Lipinski definition) is 2. The molecule has 0 unspecified atom stereocenters. The van der Waals surface area contributed by atoms with Crippen LogP contribution < -0.4 is 0 Å². The average Bonchev–Trinajstić information content (AvgIpc) is 2.05. The van der Waals surface area contributed by atoms with Crippen molar-refractivity contribution in [3.8, 4) is 0 Å². The molecule has 0 amide bonds. The molecule has 0 N–H and O–H groups in total. The molecule has 102 valence electrons. The minimum Gasteiger partial charge on any atom is -0.306 e. The number of nitrogens with zero attached hydrogens (tertiary/aromatic N) is 2. The molecule has 1 aliphatic heterocycles. The van der Waals surface area contributed by atoms with Crippen LogP contribution in [-0.2, 0) is 0 Å². The van der Waals surface area contributed by atoms with Gasteiger partial charge in [-0.15, -0.1) is 0 Å². The van der Waals surface area contributed by atoms with E-state index in [9.17, 15) is 0 Å². The summed E-state index contributed by atoms with van der Waals surface area (Å²) < 4.78 is 0. The molecule has 17 heavy (non-hydrogen) atoms. The second-order valence-corrected chi connectivity index (χ2v) is 7.55. The summed E-state index contributed by atoms with van der Waals surface area (Å²) in [6.45, 7) is 18.0. The van der Waals surface area contributed by atoms with Crippen LogP contribution in [0.4, 0.5) is 0 Å². The second kappa shape index (κ2) is 6.19. The van der Waals surface area contributed by atoms with Gasteiger partial charge in [0, 0.05) is 26.2 Å². The molecule has 1 heterocycles. The molecule has 0 atom stereocenters. The normalized spacial score (nSPS) is 19.1. The van der Waals surface area contributed by atoms with E-state index in [0.29, 0.717) is 5.41 Å². The van der Waals surface area contributed by atoms with E-state index in [4.69, 9.17) is 0 Å². The maximum absolute atomic E-state index is 2.61. The summed E-state index contributed by atoms with van der Waals surface area (Å²) in [4.78, 5) is 5.11. The van der Waals surface area contributed by atoms with E-state index < -0.39 is 0 Å². The zero-order valence-corrected chi connectivity index (χ0v) is 12.8. The van der Waals surface area contributed by atoms with Crippen molar-refractivity contribution in [1.82, 2.24) is 9.80 Å². The van der Waals surface area contributed by atoms with E-state index in [0.717, 1.165) is 11.8 Å². The summed E-state index contributed by atoms with van der Waals surface area (Å²) in [6.07, 6.45) is 1.32. The molecular weight excluding hydrogens is 208 g/mol. The topological polar surface area (TPSA) is 6.48 Å². The van der Waals surface area contributed by atoms with Gasteiger partial charge in [0.25, 0.3) is 0 Å². The smallest absolute Gasteiger partial charge is 0.00343 e. The van der Waals surface area contributed by atoms with E-state index in [2.05, 4.69) is 51.5 Å². The molecule has 0 aromatic rings. The summed E-state index contributed by atoms with van der Waals surface area (Å²) in [6, 6.07) is 0. The monoisotopic (exact) mass is 240 g/mol. The lowest BCUT2D eigenvalue weighted by atomic mass is 9.90. The molecule has 0 aliphatic carbocycles. The van der Waals surface area contributed by atoms with Gasteiger partial charge in [-0.1, -0.05) is 34.6 Å². The molecule has 0 bridgehead atoms. The van der Waals surface area contributed by atoms with Crippen LogP contribution in [0.25, 0.3) is 0 Å². The lowest BCUT2D eigenvalue weighted by Crippen LogP contribution is -2.51. The lowest BCUT2D eigenvalue weighted by molar-refractivity contribution is 0.0620. The van der Waals surface area contributed by atoms with Crippen LogP contribution in [0.1, 0.15) is 41.0 Å². The van der Waals surface area contributed by atoms with Gasteiger partial charge in [-0.2, -0.15) is 0 Å². The Kier molecular flexibility index (Phi) is 5.46. The summed E-state index contributed by atoms with van der Waals surface area (Å²) in [5.41, 5.74) is 0.486. The molecular formula is C15H32N2. The summed E-state index contributed by atoms with van der Waals surface area (Å²) >= 11 is 0. The number of likely N-dealkylation sites (tertiary alicyclic amines) is 1. The van der Waals surface area contributed by atoms with Gasteiger partial charge in [0.15, 0.2) is 0 Å². The molecule has 1 saturated heterocycles. The Bertz CT molecular complexity index is 211. The van der Waals surface area contributed by atoms with E-state index >= 15 is 0 Å². The standard InChI is InChI=1S/C15H32N2/c1-13(2)9-16(6)10-14-11-17(12-14)8-7-15(3,4)5/h13-14H,7-12H2,1-6H3. The minimum atomic E-state index is 0.486. The van der Waals surface area contributed by atoms with Gasteiger partial charge in [-0.05, 0) is 37.3 Å². The Balaban J connectivity index is 2.07. The van der Waals surface area contributed by atoms with Gasteiger partial charge in [0.1, 0.15) is 0 Å². The highest BCUT2D eigenvalue weighted by Gasteiger charge is 2.28. The fourth-order valence-corrected chi connectivity index (χ4v) is 2.61. The Morgan fingerprint density at radius 3 is 2.29 bits per heavy atom. The highest BCUT2D eigenvalue weighted by Crippen LogP contribution is 2.23. The third kappa shape index (κ3) is 6.42. The Morgan fingerprint density at radius 1 is 1.24 bits per heavy atom. The number of rotatable bonds is 6. The lowest BCUT2D eigenvalue weighted by Gasteiger charge is -2.42. The maximum Gasteiger partial charge on any atom is 0.00343 e. The van der Waals surface area contributed by atoms with Crippen LogP contribution >= 0.6 is 0 Å². The maximum atomic E-state index is 2.61. The molecule has 1 fully saturated rings. The van der Waals surface area contributed by atoms with E-state index in [-0.39, 0.29) is 0 Å². The predicted octanol–water partition coefficient (Wildman–Crippen LogP) is 2.94. The van der Waals surface area contributed by atoms with Crippen molar-refractivity contribution in [3.05, 3.63) is 0 Å². The summed E-state index contributed by atoms with van der Waals surface area (Å²) in [5.74, 6) is 1.70. The quantitative estimate of drug-likeness (QED) is 0.704. The van der Waals surface area contributed by atoms with Crippen molar-refractivity contribution >= 4 is 0 Å². The first-order chi connectivity index (χ1) is 7.76. The Labute approximate surface area is 108 Å². The SMILES string of the molecule is CC(C)CN(C)CC1CN(CCC(C)(C)C)C1. The van der Waals surface area contributed by atoms with Crippen LogP contribution in [-0.4, -0.2) is 49.6 Å². The van der Waals surface area contributed by atoms with Crippen LogP contribution in [0.3, 0.4) is 0 Å². The summed E-state index contributed by atoms with van der Waals surface area (Å²) in [7, 11) is 2.26. The van der Waals surface area contributed by atoms with Crippen molar-refractivity contribution in [2.24, 2.45) is 17.3 Å². The van der Waals surface area contributed by atoms with Gasteiger partial charge in [-0.25, -0.2) is 0 Å². The first-order valence-electron chi connectivity index (χ1n) is 7.17. The van der Waals surface area contributed by atoms with Gasteiger partial charge >= 0.3 is 0 Å². The molecule has 2 heteroatoms. The van der Waals surface area contributed by atoms with E-state index in [1.807, 2.05) is 0 Å². The first kappa shape index (κ1) is 15.0. The molecule has 0 aromatic heterocycles. The molecule has 1 rings (SSSR count). The molecule has 1 aliphatic rings. The first-order valence-corrected chi connectivity index (χ1v) is 7.17. The molecule has 0 spiro atoms. The molecule has 2 nitrogen and oxygen atoms in total. The van der Waals surface area contributed by atoms with Crippen molar-refractivity contribution in [2.75, 3.05) is 39.8 Å². The highest BCUT2D eigenvalue weighted by atomic mass is 15.2. The van der Waals surface area contributed by atoms with Crippen molar-refractivity contribution in [2.45, 2.75) is 41.0 Å². The van der Waals surface area contributed by atoms with Crippen molar-refractivity contribution in [3.63, 3.8) is 0 Å². The molecule has 0 saturated carbocycles. The van der Waals surface area contributed by atoms with Crippen molar-refractivity contribution < 1.29 is 0 Å². The third-order valence-electron chi connectivity index (χ3n) is 3.46. The number of hydrogen-bond donors (Lipinski definition) is 0. The largest absolute Gasteiger partial charge is 0.306 e. The van der Waals surface area contributed by atoms with Crippen LogP contribution in [0.15, 0.2) is 0 Å². The van der Waals surface area contributed by atoms with Crippen molar-refractivity contribution in [1.29, 1.82) is 0 Å². The van der Waals surface area contributed by atoms with E-state index in [1.165, 1.54) is 39.1 Å².